The second-order valence-electron chi connectivity index (χ2n) is 2.79. The van der Waals surface area contributed by atoms with E-state index in [9.17, 15) is 13.6 Å². The smallest absolute Gasteiger partial charge is 0.356 e. The van der Waals surface area contributed by atoms with Crippen molar-refractivity contribution in [3.8, 4) is 0 Å². The van der Waals surface area contributed by atoms with Gasteiger partial charge in [0.1, 0.15) is 5.69 Å². The van der Waals surface area contributed by atoms with E-state index < -0.39 is 18.1 Å². The highest BCUT2D eigenvalue weighted by atomic mass is 35.5. The number of halogens is 4. The van der Waals surface area contributed by atoms with Gasteiger partial charge < -0.3 is 4.74 Å². The molecule has 0 bridgehead atoms. The Labute approximate surface area is 100 Å². The lowest BCUT2D eigenvalue weighted by Crippen LogP contribution is -2.10. The zero-order valence-corrected chi connectivity index (χ0v) is 9.65. The molecule has 88 valence electrons. The Balaban J connectivity index is 3.34. The van der Waals surface area contributed by atoms with Crippen LogP contribution in [0, 0.1) is 0 Å². The quantitative estimate of drug-likeness (QED) is 0.625. The van der Waals surface area contributed by atoms with Gasteiger partial charge in [0, 0.05) is 11.4 Å². The molecule has 1 aromatic heterocycles. The molecule has 0 aliphatic carbocycles. The Morgan fingerprint density at radius 3 is 2.69 bits per heavy atom. The molecule has 7 heteroatoms. The Bertz CT molecular complexity index is 413. The van der Waals surface area contributed by atoms with Gasteiger partial charge in [0.15, 0.2) is 5.69 Å². The van der Waals surface area contributed by atoms with E-state index in [-0.39, 0.29) is 22.2 Å². The predicted octanol–water partition coefficient (Wildman–Crippen LogP) is 3.20. The van der Waals surface area contributed by atoms with Crippen molar-refractivity contribution in [2.45, 2.75) is 12.3 Å². The lowest BCUT2D eigenvalue weighted by atomic mass is 10.2. The predicted molar refractivity (Wildman–Crippen MR) is 55.1 cm³/mol. The number of hydrogen-bond donors (Lipinski definition) is 0. The first-order chi connectivity index (χ1) is 7.51. The number of nitrogens with zero attached hydrogens (tertiary/aromatic N) is 1. The summed E-state index contributed by atoms with van der Waals surface area (Å²) in [6.45, 7) is 0. The molecule has 0 aliphatic rings. The van der Waals surface area contributed by atoms with E-state index in [0.29, 0.717) is 0 Å². The van der Waals surface area contributed by atoms with Gasteiger partial charge in [0.05, 0.1) is 12.1 Å². The number of carbonyl (C=O) groups excluding carboxylic acids is 1. The SMILES string of the molecule is COC(=O)c1nc(C(F)F)c(Cl)cc1CCl. The molecular formula is C9H7Cl2F2NO2. The highest BCUT2D eigenvalue weighted by molar-refractivity contribution is 6.31. The third-order valence-corrected chi connectivity index (χ3v) is 2.40. The van der Waals surface area contributed by atoms with Crippen molar-refractivity contribution in [1.82, 2.24) is 4.98 Å². The molecule has 0 fully saturated rings. The van der Waals surface area contributed by atoms with Crippen LogP contribution in [0.5, 0.6) is 0 Å². The van der Waals surface area contributed by atoms with E-state index in [1.165, 1.54) is 6.07 Å². The van der Waals surface area contributed by atoms with Crippen molar-refractivity contribution in [3.05, 3.63) is 28.0 Å². The minimum atomic E-state index is -2.86. The zero-order valence-electron chi connectivity index (χ0n) is 8.14. The maximum absolute atomic E-state index is 12.5. The first-order valence-corrected chi connectivity index (χ1v) is 5.04. The van der Waals surface area contributed by atoms with Gasteiger partial charge in [-0.2, -0.15) is 0 Å². The molecule has 0 N–H and O–H groups in total. The second kappa shape index (κ2) is 5.41. The Hall–Kier alpha value is -0.940. The standard InChI is InChI=1S/C9H7Cl2F2NO2/c1-16-9(15)6-4(3-10)2-5(11)7(14-6)8(12)13/h2,8H,3H2,1H3. The normalized spacial score (nSPS) is 10.6. The fourth-order valence-electron chi connectivity index (χ4n) is 1.07. The van der Waals surface area contributed by atoms with Crippen molar-refractivity contribution >= 4 is 29.2 Å². The summed E-state index contributed by atoms with van der Waals surface area (Å²) in [5.41, 5.74) is -0.643. The Morgan fingerprint density at radius 2 is 2.25 bits per heavy atom. The second-order valence-corrected chi connectivity index (χ2v) is 3.46. The van der Waals surface area contributed by atoms with Crippen molar-refractivity contribution in [3.63, 3.8) is 0 Å². The van der Waals surface area contributed by atoms with Crippen LogP contribution in [0.25, 0.3) is 0 Å². The number of rotatable bonds is 3. The first-order valence-electron chi connectivity index (χ1n) is 4.13. The fraction of sp³-hybridized carbons (Fsp3) is 0.333. The lowest BCUT2D eigenvalue weighted by molar-refractivity contribution is 0.0591. The van der Waals surface area contributed by atoms with Crippen molar-refractivity contribution < 1.29 is 18.3 Å². The number of aromatic nitrogens is 1. The van der Waals surface area contributed by atoms with E-state index >= 15 is 0 Å². The minimum absolute atomic E-state index is 0.0688. The topological polar surface area (TPSA) is 39.2 Å². The molecule has 0 aromatic carbocycles. The van der Waals surface area contributed by atoms with Crippen LogP contribution in [0.2, 0.25) is 5.02 Å². The monoisotopic (exact) mass is 269 g/mol. The number of ether oxygens (including phenoxy) is 1. The van der Waals surface area contributed by atoms with Gasteiger partial charge in [0.2, 0.25) is 0 Å². The number of hydrogen-bond acceptors (Lipinski definition) is 3. The van der Waals surface area contributed by atoms with E-state index in [0.717, 1.165) is 7.11 Å². The van der Waals surface area contributed by atoms with E-state index in [1.807, 2.05) is 0 Å². The highest BCUT2D eigenvalue weighted by Gasteiger charge is 2.21. The van der Waals surface area contributed by atoms with Crippen molar-refractivity contribution in [1.29, 1.82) is 0 Å². The molecule has 0 saturated heterocycles. The summed E-state index contributed by atoms with van der Waals surface area (Å²) in [4.78, 5) is 14.7. The Kier molecular flexibility index (Phi) is 4.44. The van der Waals surface area contributed by atoms with E-state index in [2.05, 4.69) is 9.72 Å². The van der Waals surface area contributed by atoms with Gasteiger partial charge in [-0.25, -0.2) is 18.6 Å². The van der Waals surface area contributed by atoms with Crippen molar-refractivity contribution in [2.24, 2.45) is 0 Å². The summed E-state index contributed by atoms with van der Waals surface area (Å²) in [5.74, 6) is -0.894. The number of methoxy groups -OCH3 is 1. The maximum Gasteiger partial charge on any atom is 0.356 e. The molecule has 0 radical (unpaired) electrons. The highest BCUT2D eigenvalue weighted by Crippen LogP contribution is 2.28. The molecule has 1 aromatic rings. The average Bonchev–Trinajstić information content (AvgIpc) is 2.27. The summed E-state index contributed by atoms with van der Waals surface area (Å²) in [5, 5.41) is -0.224. The summed E-state index contributed by atoms with van der Waals surface area (Å²) in [6.07, 6.45) is -2.86. The molecule has 1 rings (SSSR count). The van der Waals surface area contributed by atoms with E-state index in [4.69, 9.17) is 23.2 Å². The molecule has 16 heavy (non-hydrogen) atoms. The van der Waals surface area contributed by atoms with Gasteiger partial charge >= 0.3 is 5.97 Å². The number of esters is 1. The van der Waals surface area contributed by atoms with Crippen LogP contribution in [-0.2, 0) is 10.6 Å². The van der Waals surface area contributed by atoms with E-state index in [1.54, 1.807) is 0 Å². The van der Waals surface area contributed by atoms with Crippen LogP contribution in [0.3, 0.4) is 0 Å². The lowest BCUT2D eigenvalue weighted by Gasteiger charge is -2.08. The molecule has 0 aliphatic heterocycles. The largest absolute Gasteiger partial charge is 0.464 e. The molecule has 3 nitrogen and oxygen atoms in total. The van der Waals surface area contributed by atoms with Gasteiger partial charge in [-0.3, -0.25) is 0 Å². The van der Waals surface area contributed by atoms with Crippen LogP contribution < -0.4 is 0 Å². The third-order valence-electron chi connectivity index (χ3n) is 1.81. The summed E-state index contributed by atoms with van der Waals surface area (Å²) in [7, 11) is 1.12. The first kappa shape index (κ1) is 13.1. The maximum atomic E-state index is 12.5. The van der Waals surface area contributed by atoms with Crippen LogP contribution >= 0.6 is 23.2 Å². The van der Waals surface area contributed by atoms with Gasteiger partial charge in [-0.15, -0.1) is 11.6 Å². The number of pyridine rings is 1. The summed E-state index contributed by atoms with van der Waals surface area (Å²) in [6, 6.07) is 1.19. The van der Waals surface area contributed by atoms with Gasteiger partial charge in [-0.1, -0.05) is 11.6 Å². The van der Waals surface area contributed by atoms with Crippen LogP contribution in [-0.4, -0.2) is 18.1 Å². The summed E-state index contributed by atoms with van der Waals surface area (Å²) >= 11 is 11.1. The van der Waals surface area contributed by atoms with Gasteiger partial charge in [0.25, 0.3) is 6.43 Å². The fourth-order valence-corrected chi connectivity index (χ4v) is 1.53. The van der Waals surface area contributed by atoms with Crippen LogP contribution in [0.15, 0.2) is 6.07 Å². The zero-order chi connectivity index (χ0) is 12.3. The number of alkyl halides is 3. The average molecular weight is 270 g/mol. The Morgan fingerprint density at radius 1 is 1.62 bits per heavy atom. The third kappa shape index (κ3) is 2.59. The molecule has 0 amide bonds. The van der Waals surface area contributed by atoms with Crippen molar-refractivity contribution in [2.75, 3.05) is 7.11 Å². The van der Waals surface area contributed by atoms with Gasteiger partial charge in [-0.05, 0) is 6.07 Å². The molecular weight excluding hydrogens is 263 g/mol. The molecule has 0 spiro atoms. The molecule has 0 saturated carbocycles. The molecule has 0 unspecified atom stereocenters. The molecule has 0 atom stereocenters. The minimum Gasteiger partial charge on any atom is -0.464 e. The summed E-state index contributed by atoms with van der Waals surface area (Å²) < 4.78 is 29.4. The number of carbonyl (C=O) groups is 1. The van der Waals surface area contributed by atoms with Crippen LogP contribution in [0.4, 0.5) is 8.78 Å². The van der Waals surface area contributed by atoms with Crippen LogP contribution in [0.1, 0.15) is 28.2 Å². The molecule has 1 heterocycles.